The first-order chi connectivity index (χ1) is 11.4. The van der Waals surface area contributed by atoms with E-state index in [9.17, 15) is 19.7 Å². The van der Waals surface area contributed by atoms with E-state index in [1.54, 1.807) is 7.05 Å². The lowest BCUT2D eigenvalue weighted by Gasteiger charge is -2.17. The van der Waals surface area contributed by atoms with E-state index in [1.807, 2.05) is 0 Å². The summed E-state index contributed by atoms with van der Waals surface area (Å²) in [6, 6.07) is 4.12. The standard InChI is InChI=1S/C16H21N3O5/c1-10(15(20)18-12-5-3-4-6-12)24-16(21)11-7-8-13(17-2)14(9-11)19(22)23/h7-10,12,17H,3-6H2,1-2H3,(H,18,20)/t10-/m1/s1. The number of rotatable bonds is 6. The lowest BCUT2D eigenvalue weighted by atomic mass is 10.1. The van der Waals surface area contributed by atoms with Crippen molar-refractivity contribution in [1.82, 2.24) is 5.32 Å². The maximum Gasteiger partial charge on any atom is 0.339 e. The molecule has 0 saturated heterocycles. The largest absolute Gasteiger partial charge is 0.449 e. The number of nitrogens with zero attached hydrogens (tertiary/aromatic N) is 1. The molecule has 1 aliphatic rings. The van der Waals surface area contributed by atoms with Crippen LogP contribution in [0.15, 0.2) is 18.2 Å². The number of carbonyl (C=O) groups excluding carboxylic acids is 2. The molecular weight excluding hydrogens is 314 g/mol. The minimum absolute atomic E-state index is 0.0289. The number of amides is 1. The number of nitro groups is 1. The zero-order chi connectivity index (χ0) is 17.7. The summed E-state index contributed by atoms with van der Waals surface area (Å²) in [5, 5.41) is 16.6. The third kappa shape index (κ3) is 4.21. The Kier molecular flexibility index (Phi) is 5.73. The Morgan fingerprint density at radius 2 is 2.00 bits per heavy atom. The fourth-order valence-corrected chi connectivity index (χ4v) is 2.69. The first kappa shape index (κ1) is 17.7. The monoisotopic (exact) mass is 335 g/mol. The zero-order valence-corrected chi connectivity index (χ0v) is 13.7. The van der Waals surface area contributed by atoms with Gasteiger partial charge in [0.2, 0.25) is 0 Å². The molecule has 24 heavy (non-hydrogen) atoms. The molecule has 1 atom stereocenters. The highest BCUT2D eigenvalue weighted by atomic mass is 16.6. The van der Waals surface area contributed by atoms with Crippen molar-refractivity contribution < 1.29 is 19.2 Å². The van der Waals surface area contributed by atoms with E-state index in [0.29, 0.717) is 5.69 Å². The van der Waals surface area contributed by atoms with E-state index >= 15 is 0 Å². The molecule has 0 aromatic heterocycles. The van der Waals surface area contributed by atoms with Gasteiger partial charge in [0.25, 0.3) is 11.6 Å². The van der Waals surface area contributed by atoms with Gasteiger partial charge in [-0.05, 0) is 31.9 Å². The Hall–Kier alpha value is -2.64. The number of hydrogen-bond donors (Lipinski definition) is 2. The van der Waals surface area contributed by atoms with E-state index in [1.165, 1.54) is 19.1 Å². The lowest BCUT2D eigenvalue weighted by Crippen LogP contribution is -2.40. The average molecular weight is 335 g/mol. The summed E-state index contributed by atoms with van der Waals surface area (Å²) >= 11 is 0. The molecule has 0 spiro atoms. The Bertz CT molecular complexity index is 641. The van der Waals surface area contributed by atoms with Crippen LogP contribution in [0.1, 0.15) is 43.0 Å². The van der Waals surface area contributed by atoms with E-state index in [4.69, 9.17) is 4.74 Å². The highest BCUT2D eigenvalue weighted by Crippen LogP contribution is 2.25. The van der Waals surface area contributed by atoms with Gasteiger partial charge in [-0.15, -0.1) is 0 Å². The zero-order valence-electron chi connectivity index (χ0n) is 13.7. The van der Waals surface area contributed by atoms with Gasteiger partial charge in [0.05, 0.1) is 10.5 Å². The number of nitro benzene ring substituents is 1. The highest BCUT2D eigenvalue weighted by Gasteiger charge is 2.24. The fourth-order valence-electron chi connectivity index (χ4n) is 2.69. The van der Waals surface area contributed by atoms with Crippen LogP contribution in [0.5, 0.6) is 0 Å². The van der Waals surface area contributed by atoms with Crippen LogP contribution in [0.2, 0.25) is 0 Å². The van der Waals surface area contributed by atoms with Gasteiger partial charge in [0.15, 0.2) is 6.10 Å². The molecule has 8 nitrogen and oxygen atoms in total. The molecule has 0 bridgehead atoms. The third-order valence-electron chi connectivity index (χ3n) is 4.05. The topological polar surface area (TPSA) is 111 Å². The Balaban J connectivity index is 2.01. The molecule has 0 unspecified atom stereocenters. The van der Waals surface area contributed by atoms with E-state index in [-0.39, 0.29) is 23.2 Å². The highest BCUT2D eigenvalue weighted by molar-refractivity contribution is 5.93. The van der Waals surface area contributed by atoms with Crippen LogP contribution < -0.4 is 10.6 Å². The van der Waals surface area contributed by atoms with Gasteiger partial charge in [-0.3, -0.25) is 14.9 Å². The maximum atomic E-state index is 12.1. The normalized spacial score (nSPS) is 15.6. The van der Waals surface area contributed by atoms with Crippen molar-refractivity contribution in [3.8, 4) is 0 Å². The summed E-state index contributed by atoms with van der Waals surface area (Å²) in [6.07, 6.45) is 3.08. The number of hydrogen-bond acceptors (Lipinski definition) is 6. The minimum atomic E-state index is -0.957. The average Bonchev–Trinajstić information content (AvgIpc) is 3.06. The number of nitrogens with one attached hydrogen (secondary N) is 2. The van der Waals surface area contributed by atoms with Crippen LogP contribution in [0, 0.1) is 10.1 Å². The van der Waals surface area contributed by atoms with Gasteiger partial charge in [-0.1, -0.05) is 12.8 Å². The predicted octanol–water partition coefficient (Wildman–Crippen LogP) is 2.24. The van der Waals surface area contributed by atoms with Gasteiger partial charge < -0.3 is 15.4 Å². The molecule has 0 aliphatic heterocycles. The van der Waals surface area contributed by atoms with E-state index in [2.05, 4.69) is 10.6 Å². The molecule has 0 heterocycles. The molecule has 130 valence electrons. The SMILES string of the molecule is CNc1ccc(C(=O)O[C@H](C)C(=O)NC2CCCC2)cc1[N+](=O)[O-]. The van der Waals surface area contributed by atoms with Crippen LogP contribution >= 0.6 is 0 Å². The van der Waals surface area contributed by atoms with Gasteiger partial charge in [0, 0.05) is 19.2 Å². The first-order valence-corrected chi connectivity index (χ1v) is 7.90. The van der Waals surface area contributed by atoms with Crippen molar-refractivity contribution in [2.45, 2.75) is 44.8 Å². The number of ether oxygens (including phenoxy) is 1. The van der Waals surface area contributed by atoms with Gasteiger partial charge >= 0.3 is 5.97 Å². The van der Waals surface area contributed by atoms with Crippen LogP contribution in [-0.4, -0.2) is 36.0 Å². The predicted molar refractivity (Wildman–Crippen MR) is 87.9 cm³/mol. The number of anilines is 1. The van der Waals surface area contributed by atoms with Crippen molar-refractivity contribution >= 4 is 23.3 Å². The third-order valence-corrected chi connectivity index (χ3v) is 4.05. The molecule has 1 saturated carbocycles. The number of benzene rings is 1. The molecule has 2 rings (SSSR count). The Labute approximate surface area is 139 Å². The molecule has 2 N–H and O–H groups in total. The van der Waals surface area contributed by atoms with E-state index in [0.717, 1.165) is 31.7 Å². The molecular formula is C16H21N3O5. The van der Waals surface area contributed by atoms with Crippen molar-refractivity contribution in [1.29, 1.82) is 0 Å². The summed E-state index contributed by atoms with van der Waals surface area (Å²) in [7, 11) is 1.55. The molecule has 1 amide bonds. The molecule has 1 aliphatic carbocycles. The van der Waals surface area contributed by atoms with Gasteiger partial charge in [-0.2, -0.15) is 0 Å². The molecule has 1 fully saturated rings. The fraction of sp³-hybridized carbons (Fsp3) is 0.500. The molecule has 8 heteroatoms. The number of esters is 1. The minimum Gasteiger partial charge on any atom is -0.449 e. The summed E-state index contributed by atoms with van der Waals surface area (Å²) in [6.45, 7) is 1.48. The Morgan fingerprint density at radius 1 is 1.33 bits per heavy atom. The second-order valence-electron chi connectivity index (χ2n) is 5.78. The van der Waals surface area contributed by atoms with Crippen molar-refractivity contribution in [2.75, 3.05) is 12.4 Å². The second-order valence-corrected chi connectivity index (χ2v) is 5.78. The van der Waals surface area contributed by atoms with Crippen molar-refractivity contribution in [2.24, 2.45) is 0 Å². The summed E-state index contributed by atoms with van der Waals surface area (Å²) < 4.78 is 5.12. The van der Waals surface area contributed by atoms with Crippen molar-refractivity contribution in [3.63, 3.8) is 0 Å². The van der Waals surface area contributed by atoms with E-state index < -0.39 is 17.0 Å². The van der Waals surface area contributed by atoms with Crippen LogP contribution in [0.3, 0.4) is 0 Å². The quantitative estimate of drug-likeness (QED) is 0.468. The summed E-state index contributed by atoms with van der Waals surface area (Å²) in [4.78, 5) is 34.6. The molecule has 1 aromatic carbocycles. The maximum absolute atomic E-state index is 12.1. The van der Waals surface area contributed by atoms with Crippen LogP contribution in [0.25, 0.3) is 0 Å². The summed E-state index contributed by atoms with van der Waals surface area (Å²) in [5.41, 5.74) is 0.0970. The van der Waals surface area contributed by atoms with Crippen LogP contribution in [0.4, 0.5) is 11.4 Å². The summed E-state index contributed by atoms with van der Waals surface area (Å²) in [5.74, 6) is -1.12. The van der Waals surface area contributed by atoms with Gasteiger partial charge in [-0.25, -0.2) is 4.79 Å². The molecule has 0 radical (unpaired) electrons. The first-order valence-electron chi connectivity index (χ1n) is 7.90. The Morgan fingerprint density at radius 3 is 2.58 bits per heavy atom. The lowest BCUT2D eigenvalue weighted by molar-refractivity contribution is -0.384. The van der Waals surface area contributed by atoms with Crippen LogP contribution in [-0.2, 0) is 9.53 Å². The van der Waals surface area contributed by atoms with Crippen molar-refractivity contribution in [3.05, 3.63) is 33.9 Å². The second kappa shape index (κ2) is 7.76. The number of carbonyl (C=O) groups is 2. The van der Waals surface area contributed by atoms with Gasteiger partial charge in [0.1, 0.15) is 5.69 Å². The molecule has 1 aromatic rings. The smallest absolute Gasteiger partial charge is 0.339 e.